The number of carboxylic acid groups (broad SMARTS) is 1. The SMILES string of the molecule is O=C(Nc1cccc(F)c1)C1CCN(C(=O)[C@@H]2CCCN2C(=O)O)CC1. The number of nitrogens with one attached hydrogen (secondary N) is 1. The Balaban J connectivity index is 1.53. The van der Waals surface area contributed by atoms with Crippen LogP contribution in [0.15, 0.2) is 24.3 Å². The van der Waals surface area contributed by atoms with Crippen molar-refractivity contribution in [2.24, 2.45) is 5.92 Å². The lowest BCUT2D eigenvalue weighted by Crippen LogP contribution is -2.50. The highest BCUT2D eigenvalue weighted by Crippen LogP contribution is 2.24. The molecule has 2 fully saturated rings. The van der Waals surface area contributed by atoms with E-state index in [0.29, 0.717) is 51.0 Å². The molecular formula is C18H22FN3O4. The summed E-state index contributed by atoms with van der Waals surface area (Å²) in [6.07, 6.45) is 1.19. The molecule has 2 heterocycles. The third-order valence-electron chi connectivity index (χ3n) is 5.05. The van der Waals surface area contributed by atoms with Crippen molar-refractivity contribution in [2.75, 3.05) is 25.0 Å². The topological polar surface area (TPSA) is 90.0 Å². The van der Waals surface area contributed by atoms with Gasteiger partial charge in [0.2, 0.25) is 11.8 Å². The summed E-state index contributed by atoms with van der Waals surface area (Å²) in [5, 5.41) is 11.9. The third-order valence-corrected chi connectivity index (χ3v) is 5.05. The van der Waals surface area contributed by atoms with E-state index >= 15 is 0 Å². The Hall–Kier alpha value is -2.64. The molecule has 2 aliphatic rings. The second-order valence-electron chi connectivity index (χ2n) is 6.73. The summed E-state index contributed by atoms with van der Waals surface area (Å²) >= 11 is 0. The molecule has 0 aliphatic carbocycles. The Bertz CT molecular complexity index is 703. The van der Waals surface area contributed by atoms with Crippen LogP contribution in [0.1, 0.15) is 25.7 Å². The highest BCUT2D eigenvalue weighted by Gasteiger charge is 2.38. The average Bonchev–Trinajstić information content (AvgIpc) is 3.11. The van der Waals surface area contributed by atoms with Gasteiger partial charge >= 0.3 is 6.09 Å². The molecular weight excluding hydrogens is 341 g/mol. The summed E-state index contributed by atoms with van der Waals surface area (Å²) in [6, 6.07) is 5.12. The third kappa shape index (κ3) is 3.95. The van der Waals surface area contributed by atoms with Gasteiger partial charge in [-0.3, -0.25) is 14.5 Å². The number of rotatable bonds is 3. The molecule has 3 rings (SSSR count). The predicted molar refractivity (Wildman–Crippen MR) is 92.1 cm³/mol. The van der Waals surface area contributed by atoms with Gasteiger partial charge in [-0.2, -0.15) is 0 Å². The molecule has 0 aromatic heterocycles. The first kappa shape index (κ1) is 18.2. The Morgan fingerprint density at radius 1 is 1.12 bits per heavy atom. The number of piperidine rings is 1. The zero-order chi connectivity index (χ0) is 18.7. The molecule has 140 valence electrons. The summed E-state index contributed by atoms with van der Waals surface area (Å²) in [7, 11) is 0. The average molecular weight is 363 g/mol. The van der Waals surface area contributed by atoms with E-state index in [2.05, 4.69) is 5.32 Å². The molecule has 1 atom stereocenters. The van der Waals surface area contributed by atoms with Gasteiger partial charge in [0.15, 0.2) is 0 Å². The van der Waals surface area contributed by atoms with Crippen LogP contribution in [0.5, 0.6) is 0 Å². The quantitative estimate of drug-likeness (QED) is 0.861. The molecule has 2 aliphatic heterocycles. The number of likely N-dealkylation sites (tertiary alicyclic amines) is 2. The summed E-state index contributed by atoms with van der Waals surface area (Å²) in [6.45, 7) is 1.23. The maximum Gasteiger partial charge on any atom is 0.407 e. The molecule has 26 heavy (non-hydrogen) atoms. The van der Waals surface area contributed by atoms with Crippen molar-refractivity contribution >= 4 is 23.6 Å². The molecule has 0 saturated carbocycles. The normalized spacial score (nSPS) is 20.9. The molecule has 0 unspecified atom stereocenters. The Kier molecular flexibility index (Phi) is 5.39. The van der Waals surface area contributed by atoms with Crippen molar-refractivity contribution in [1.29, 1.82) is 0 Å². The van der Waals surface area contributed by atoms with Gasteiger partial charge in [-0.15, -0.1) is 0 Å². The minimum Gasteiger partial charge on any atom is -0.465 e. The number of hydrogen-bond donors (Lipinski definition) is 2. The standard InChI is InChI=1S/C18H22FN3O4/c19-13-3-1-4-14(11-13)20-16(23)12-6-9-21(10-7-12)17(24)15-5-2-8-22(15)18(25)26/h1,3-4,11-12,15H,2,5-10H2,(H,20,23)(H,25,26)/t15-/m0/s1. The van der Waals surface area contributed by atoms with E-state index in [4.69, 9.17) is 0 Å². The van der Waals surface area contributed by atoms with Gasteiger partial charge in [-0.05, 0) is 43.9 Å². The van der Waals surface area contributed by atoms with Crippen LogP contribution in [-0.4, -0.2) is 58.5 Å². The minimum atomic E-state index is -1.06. The van der Waals surface area contributed by atoms with E-state index < -0.39 is 18.0 Å². The van der Waals surface area contributed by atoms with Crippen LogP contribution >= 0.6 is 0 Å². The van der Waals surface area contributed by atoms with Gasteiger partial charge in [0.05, 0.1) is 0 Å². The zero-order valence-electron chi connectivity index (χ0n) is 14.4. The van der Waals surface area contributed by atoms with E-state index in [1.165, 1.54) is 23.1 Å². The zero-order valence-corrected chi connectivity index (χ0v) is 14.4. The van der Waals surface area contributed by atoms with E-state index in [1.807, 2.05) is 0 Å². The van der Waals surface area contributed by atoms with E-state index in [1.54, 1.807) is 11.0 Å². The number of carbonyl (C=O) groups is 3. The van der Waals surface area contributed by atoms with Gasteiger partial charge in [-0.25, -0.2) is 9.18 Å². The largest absolute Gasteiger partial charge is 0.465 e. The molecule has 0 bridgehead atoms. The molecule has 3 amide bonds. The first-order valence-electron chi connectivity index (χ1n) is 8.80. The van der Waals surface area contributed by atoms with E-state index in [0.717, 1.165) is 0 Å². The highest BCUT2D eigenvalue weighted by molar-refractivity contribution is 5.93. The molecule has 7 nitrogen and oxygen atoms in total. The van der Waals surface area contributed by atoms with Crippen LogP contribution in [0.2, 0.25) is 0 Å². The fraction of sp³-hybridized carbons (Fsp3) is 0.500. The van der Waals surface area contributed by atoms with Crippen LogP contribution in [0.4, 0.5) is 14.9 Å². The number of halogens is 1. The Labute approximate surface area is 150 Å². The van der Waals surface area contributed by atoms with Crippen molar-refractivity contribution in [3.8, 4) is 0 Å². The molecule has 1 aromatic carbocycles. The summed E-state index contributed by atoms with van der Waals surface area (Å²) in [5.74, 6) is -1.02. The van der Waals surface area contributed by atoms with Gasteiger partial charge in [0.1, 0.15) is 11.9 Å². The van der Waals surface area contributed by atoms with Crippen molar-refractivity contribution in [3.63, 3.8) is 0 Å². The lowest BCUT2D eigenvalue weighted by molar-refractivity contribution is -0.138. The molecule has 8 heteroatoms. The lowest BCUT2D eigenvalue weighted by atomic mass is 9.95. The molecule has 0 spiro atoms. The van der Waals surface area contributed by atoms with Gasteiger partial charge in [-0.1, -0.05) is 6.07 Å². The van der Waals surface area contributed by atoms with Crippen molar-refractivity contribution < 1.29 is 23.9 Å². The smallest absolute Gasteiger partial charge is 0.407 e. The fourth-order valence-electron chi connectivity index (χ4n) is 3.64. The maximum absolute atomic E-state index is 13.2. The van der Waals surface area contributed by atoms with Gasteiger partial charge in [0, 0.05) is 31.2 Å². The number of carbonyl (C=O) groups excluding carboxylic acids is 2. The molecule has 0 radical (unpaired) electrons. The van der Waals surface area contributed by atoms with Crippen LogP contribution < -0.4 is 5.32 Å². The number of benzene rings is 1. The summed E-state index contributed by atoms with van der Waals surface area (Å²) in [5.41, 5.74) is 0.413. The molecule has 2 N–H and O–H groups in total. The van der Waals surface area contributed by atoms with Gasteiger partial charge in [0.25, 0.3) is 0 Å². The summed E-state index contributed by atoms with van der Waals surface area (Å²) < 4.78 is 13.2. The number of anilines is 1. The predicted octanol–water partition coefficient (Wildman–Crippen LogP) is 2.15. The lowest BCUT2D eigenvalue weighted by Gasteiger charge is -2.34. The second-order valence-corrected chi connectivity index (χ2v) is 6.73. The highest BCUT2D eigenvalue weighted by atomic mass is 19.1. The number of amides is 3. The van der Waals surface area contributed by atoms with E-state index in [-0.39, 0.29) is 17.7 Å². The number of hydrogen-bond acceptors (Lipinski definition) is 3. The minimum absolute atomic E-state index is 0.172. The van der Waals surface area contributed by atoms with Crippen LogP contribution in [-0.2, 0) is 9.59 Å². The van der Waals surface area contributed by atoms with Crippen LogP contribution in [0, 0.1) is 11.7 Å². The molecule has 1 aromatic rings. The summed E-state index contributed by atoms with van der Waals surface area (Å²) in [4.78, 5) is 39.0. The van der Waals surface area contributed by atoms with Crippen LogP contribution in [0.25, 0.3) is 0 Å². The molecule has 2 saturated heterocycles. The fourth-order valence-corrected chi connectivity index (χ4v) is 3.64. The first-order chi connectivity index (χ1) is 12.5. The van der Waals surface area contributed by atoms with Crippen molar-refractivity contribution in [3.05, 3.63) is 30.1 Å². The van der Waals surface area contributed by atoms with Crippen LogP contribution in [0.3, 0.4) is 0 Å². The Morgan fingerprint density at radius 2 is 1.85 bits per heavy atom. The second kappa shape index (κ2) is 7.72. The number of nitrogens with zero attached hydrogens (tertiary/aromatic N) is 2. The maximum atomic E-state index is 13.2. The Morgan fingerprint density at radius 3 is 2.50 bits per heavy atom. The monoisotopic (exact) mass is 363 g/mol. The van der Waals surface area contributed by atoms with E-state index in [9.17, 15) is 23.9 Å². The van der Waals surface area contributed by atoms with Crippen molar-refractivity contribution in [1.82, 2.24) is 9.80 Å². The van der Waals surface area contributed by atoms with Gasteiger partial charge < -0.3 is 15.3 Å². The first-order valence-corrected chi connectivity index (χ1v) is 8.80. The van der Waals surface area contributed by atoms with Crippen molar-refractivity contribution in [2.45, 2.75) is 31.7 Å².